The lowest BCUT2D eigenvalue weighted by Crippen LogP contribution is -2.41. The number of carbonyl (C=O) groups is 3. The van der Waals surface area contributed by atoms with Gasteiger partial charge in [-0.15, -0.1) is 0 Å². The molecule has 1 aliphatic rings. The predicted octanol–water partition coefficient (Wildman–Crippen LogP) is 1.14. The lowest BCUT2D eigenvalue weighted by molar-refractivity contribution is -0.139. The molecule has 2 aromatic carbocycles. The lowest BCUT2D eigenvalue weighted by atomic mass is 10.2. The van der Waals surface area contributed by atoms with E-state index in [4.69, 9.17) is 14.2 Å². The van der Waals surface area contributed by atoms with Gasteiger partial charge >= 0.3 is 11.8 Å². The molecule has 2 aromatic rings. The Morgan fingerprint density at radius 1 is 1.09 bits per heavy atom. The van der Waals surface area contributed by atoms with Crippen LogP contribution >= 0.6 is 0 Å². The summed E-state index contributed by atoms with van der Waals surface area (Å²) in [4.78, 5) is 36.1. The molecule has 1 atom stereocenters. The maximum atomic E-state index is 12.2. The number of rotatable bonds is 10. The molecule has 3 rings (SSSR count). The number of nitrogens with zero attached hydrogens (tertiary/aromatic N) is 1. The van der Waals surface area contributed by atoms with E-state index in [1.807, 2.05) is 30.3 Å². The fourth-order valence-corrected chi connectivity index (χ4v) is 3.24. The highest BCUT2D eigenvalue weighted by Gasteiger charge is 2.19. The monoisotopic (exact) mass is 468 g/mol. The summed E-state index contributed by atoms with van der Waals surface area (Å²) in [7, 11) is 1.47. The normalized spacial score (nSPS) is 15.0. The Morgan fingerprint density at radius 2 is 1.91 bits per heavy atom. The van der Waals surface area contributed by atoms with Crippen LogP contribution < -0.4 is 25.5 Å². The fourth-order valence-electron chi connectivity index (χ4n) is 3.24. The lowest BCUT2D eigenvalue weighted by Gasteiger charge is -2.13. The Hall–Kier alpha value is -3.92. The van der Waals surface area contributed by atoms with E-state index in [0.717, 1.165) is 18.4 Å². The zero-order valence-electron chi connectivity index (χ0n) is 18.9. The van der Waals surface area contributed by atoms with E-state index in [1.165, 1.54) is 13.3 Å². The van der Waals surface area contributed by atoms with E-state index in [9.17, 15) is 14.4 Å². The minimum absolute atomic E-state index is 0.0679. The van der Waals surface area contributed by atoms with Gasteiger partial charge in [0, 0.05) is 25.3 Å². The van der Waals surface area contributed by atoms with Crippen molar-refractivity contribution in [1.29, 1.82) is 0 Å². The molecule has 1 aliphatic heterocycles. The van der Waals surface area contributed by atoms with Gasteiger partial charge in [-0.25, -0.2) is 5.43 Å². The maximum absolute atomic E-state index is 12.2. The molecule has 1 saturated heterocycles. The van der Waals surface area contributed by atoms with Gasteiger partial charge in [-0.3, -0.25) is 14.4 Å². The van der Waals surface area contributed by atoms with Crippen molar-refractivity contribution in [2.75, 3.05) is 26.9 Å². The third-order valence-corrected chi connectivity index (χ3v) is 5.00. The van der Waals surface area contributed by atoms with Crippen molar-refractivity contribution in [3.05, 3.63) is 59.7 Å². The largest absolute Gasteiger partial charge is 0.493 e. The van der Waals surface area contributed by atoms with Gasteiger partial charge in [0.1, 0.15) is 0 Å². The molecule has 1 heterocycles. The first-order chi connectivity index (χ1) is 16.6. The van der Waals surface area contributed by atoms with Crippen LogP contribution in [0.25, 0.3) is 0 Å². The zero-order chi connectivity index (χ0) is 24.2. The van der Waals surface area contributed by atoms with Gasteiger partial charge < -0.3 is 24.8 Å². The van der Waals surface area contributed by atoms with Crippen LogP contribution in [0, 0.1) is 0 Å². The van der Waals surface area contributed by atoms with Crippen LogP contribution in [0.4, 0.5) is 0 Å². The number of amides is 3. The number of para-hydroxylation sites is 1. The van der Waals surface area contributed by atoms with E-state index in [2.05, 4.69) is 21.2 Å². The Kier molecular flexibility index (Phi) is 9.41. The van der Waals surface area contributed by atoms with Gasteiger partial charge in [-0.05, 0) is 30.5 Å². The Morgan fingerprint density at radius 3 is 2.65 bits per heavy atom. The summed E-state index contributed by atoms with van der Waals surface area (Å²) in [6.45, 7) is 1.07. The number of carbonyl (C=O) groups excluding carboxylic acids is 3. The van der Waals surface area contributed by atoms with Gasteiger partial charge in [0.15, 0.2) is 18.1 Å². The summed E-state index contributed by atoms with van der Waals surface area (Å²) in [5.74, 6) is -1.35. The second-order valence-electron chi connectivity index (χ2n) is 7.47. The number of nitrogens with one attached hydrogen (secondary N) is 3. The molecule has 0 aliphatic carbocycles. The van der Waals surface area contributed by atoms with Crippen molar-refractivity contribution >= 4 is 23.9 Å². The van der Waals surface area contributed by atoms with E-state index in [1.54, 1.807) is 18.2 Å². The van der Waals surface area contributed by atoms with E-state index < -0.39 is 11.8 Å². The molecule has 3 N–H and O–H groups in total. The molecule has 0 bridgehead atoms. The van der Waals surface area contributed by atoms with Gasteiger partial charge in [0.2, 0.25) is 0 Å². The first kappa shape index (κ1) is 24.7. The summed E-state index contributed by atoms with van der Waals surface area (Å²) in [6, 6.07) is 14.6. The third-order valence-electron chi connectivity index (χ3n) is 5.00. The van der Waals surface area contributed by atoms with Crippen LogP contribution in [0.1, 0.15) is 24.0 Å². The van der Waals surface area contributed by atoms with Crippen molar-refractivity contribution in [3.63, 3.8) is 0 Å². The molecule has 3 amide bonds. The van der Waals surface area contributed by atoms with Crippen LogP contribution in [0.5, 0.6) is 11.5 Å². The van der Waals surface area contributed by atoms with Crippen molar-refractivity contribution in [2.45, 2.75) is 25.5 Å². The maximum Gasteiger partial charge on any atom is 0.329 e. The van der Waals surface area contributed by atoms with Crippen LogP contribution in [0.2, 0.25) is 0 Å². The minimum atomic E-state index is -0.903. The van der Waals surface area contributed by atoms with E-state index in [-0.39, 0.29) is 30.9 Å². The topological polar surface area (TPSA) is 127 Å². The van der Waals surface area contributed by atoms with Crippen LogP contribution in [-0.2, 0) is 25.7 Å². The average molecular weight is 469 g/mol. The standard InChI is InChI=1S/C24H28N4O6/c1-32-20-11-5-9-18(14-27-28-24(31)23(30)26-15-19-10-6-12-33-19)22(20)34-16-21(29)25-13-17-7-3-2-4-8-17/h2-5,7-9,11,14,19H,6,10,12-13,15-16H2,1H3,(H,25,29)(H,26,30)(H,28,31)/b27-14-/t19-/m0/s1. The molecule has 10 heteroatoms. The molecular formula is C24H28N4O6. The van der Waals surface area contributed by atoms with Crippen molar-refractivity contribution in [2.24, 2.45) is 5.10 Å². The van der Waals surface area contributed by atoms with Crippen molar-refractivity contribution in [1.82, 2.24) is 16.1 Å². The summed E-state index contributed by atoms with van der Waals surface area (Å²) >= 11 is 0. The Labute approximate surface area is 197 Å². The van der Waals surface area contributed by atoms with Crippen molar-refractivity contribution < 1.29 is 28.6 Å². The number of hydrogen-bond acceptors (Lipinski definition) is 7. The molecule has 0 radical (unpaired) electrons. The van der Waals surface area contributed by atoms with Crippen LogP contribution in [0.3, 0.4) is 0 Å². The summed E-state index contributed by atoms with van der Waals surface area (Å²) in [5, 5.41) is 9.13. The fraction of sp³-hybridized carbons (Fsp3) is 0.333. The Bertz CT molecular complexity index is 1010. The zero-order valence-corrected chi connectivity index (χ0v) is 18.9. The SMILES string of the molecule is COc1cccc(/C=N\NC(=O)C(=O)NC[C@@H]2CCCO2)c1OCC(=O)NCc1ccccc1. The number of hydrazone groups is 1. The first-order valence-electron chi connectivity index (χ1n) is 10.9. The molecule has 0 unspecified atom stereocenters. The summed E-state index contributed by atoms with van der Waals surface area (Å²) in [6.07, 6.45) is 3.03. The molecule has 34 heavy (non-hydrogen) atoms. The number of hydrogen-bond donors (Lipinski definition) is 3. The highest BCUT2D eigenvalue weighted by molar-refractivity contribution is 6.35. The highest BCUT2D eigenvalue weighted by Crippen LogP contribution is 2.30. The van der Waals surface area contributed by atoms with Crippen LogP contribution in [-0.4, -0.2) is 56.9 Å². The molecule has 1 fully saturated rings. The Balaban J connectivity index is 1.52. The molecule has 180 valence electrons. The molecule has 0 spiro atoms. The minimum Gasteiger partial charge on any atom is -0.493 e. The first-order valence-corrected chi connectivity index (χ1v) is 10.9. The molecule has 10 nitrogen and oxygen atoms in total. The van der Waals surface area contributed by atoms with Gasteiger partial charge in [0.05, 0.1) is 19.4 Å². The third kappa shape index (κ3) is 7.59. The summed E-state index contributed by atoms with van der Waals surface area (Å²) in [5.41, 5.74) is 3.60. The number of benzene rings is 2. The van der Waals surface area contributed by atoms with Crippen molar-refractivity contribution in [3.8, 4) is 11.5 Å². The molecule has 0 saturated carbocycles. The van der Waals surface area contributed by atoms with Gasteiger partial charge in [0.25, 0.3) is 5.91 Å². The molecule has 0 aromatic heterocycles. The quantitative estimate of drug-likeness (QED) is 0.273. The van der Waals surface area contributed by atoms with Gasteiger partial charge in [-0.2, -0.15) is 5.10 Å². The van der Waals surface area contributed by atoms with Crippen LogP contribution in [0.15, 0.2) is 53.6 Å². The van der Waals surface area contributed by atoms with E-state index >= 15 is 0 Å². The number of ether oxygens (including phenoxy) is 3. The highest BCUT2D eigenvalue weighted by atomic mass is 16.5. The summed E-state index contributed by atoms with van der Waals surface area (Å²) < 4.78 is 16.4. The van der Waals surface area contributed by atoms with E-state index in [0.29, 0.717) is 24.5 Å². The second-order valence-corrected chi connectivity index (χ2v) is 7.47. The number of methoxy groups -OCH3 is 1. The smallest absolute Gasteiger partial charge is 0.329 e. The average Bonchev–Trinajstić information content (AvgIpc) is 3.39. The predicted molar refractivity (Wildman–Crippen MR) is 124 cm³/mol. The molecular weight excluding hydrogens is 440 g/mol. The second kappa shape index (κ2) is 12.9. The van der Waals surface area contributed by atoms with Gasteiger partial charge in [-0.1, -0.05) is 36.4 Å².